The minimum absolute atomic E-state index is 0.300. The zero-order valence-corrected chi connectivity index (χ0v) is 15.7. The van der Waals surface area contributed by atoms with Crippen molar-refractivity contribution in [2.75, 3.05) is 26.2 Å². The van der Waals surface area contributed by atoms with Gasteiger partial charge in [-0.25, -0.2) is 13.4 Å². The highest BCUT2D eigenvalue weighted by atomic mass is 35.5. The molecule has 3 aromatic heterocycles. The fourth-order valence-corrected chi connectivity index (χ4v) is 5.77. The molecular weight excluding hydrogens is 380 g/mol. The first-order valence-electron chi connectivity index (χ1n) is 7.93. The van der Waals surface area contributed by atoms with Crippen molar-refractivity contribution >= 4 is 44.0 Å². The first kappa shape index (κ1) is 17.0. The molecule has 0 bridgehead atoms. The highest BCUT2D eigenvalue weighted by Gasteiger charge is 2.30. The molecule has 1 N–H and O–H groups in total. The Kier molecular flexibility index (Phi) is 4.55. The fraction of sp³-hybridized carbons (Fsp3) is 0.312. The van der Waals surface area contributed by atoms with Crippen LogP contribution >= 0.6 is 22.9 Å². The summed E-state index contributed by atoms with van der Waals surface area (Å²) in [4.78, 5) is 10.9. The summed E-state index contributed by atoms with van der Waals surface area (Å²) < 4.78 is 28.3. The predicted molar refractivity (Wildman–Crippen MR) is 99.5 cm³/mol. The number of piperazine rings is 1. The molecule has 1 aliphatic heterocycles. The van der Waals surface area contributed by atoms with Crippen molar-refractivity contribution in [2.24, 2.45) is 0 Å². The van der Waals surface area contributed by atoms with Gasteiger partial charge in [-0.2, -0.15) is 4.31 Å². The molecule has 0 saturated carbocycles. The minimum Gasteiger partial charge on any atom is -0.345 e. The van der Waals surface area contributed by atoms with E-state index in [1.54, 1.807) is 34.0 Å². The van der Waals surface area contributed by atoms with Crippen LogP contribution in [0.1, 0.15) is 4.88 Å². The second-order valence-corrected chi connectivity index (χ2v) is 9.64. The normalized spacial score (nSPS) is 17.3. The second-order valence-electron chi connectivity index (χ2n) is 5.94. The summed E-state index contributed by atoms with van der Waals surface area (Å²) in [5, 5.41) is 0.637. The number of H-pyrrole nitrogens is 1. The summed E-state index contributed by atoms with van der Waals surface area (Å²) in [6.07, 6.45) is 3.18. The summed E-state index contributed by atoms with van der Waals surface area (Å²) >= 11 is 7.54. The molecule has 4 heterocycles. The smallest absolute Gasteiger partial charge is 0.245 e. The van der Waals surface area contributed by atoms with E-state index in [4.69, 9.17) is 11.6 Å². The highest BCUT2D eigenvalue weighted by Crippen LogP contribution is 2.26. The molecule has 1 fully saturated rings. The van der Waals surface area contributed by atoms with E-state index in [1.807, 2.05) is 12.1 Å². The summed E-state index contributed by atoms with van der Waals surface area (Å²) in [5.41, 5.74) is 0.592. The van der Waals surface area contributed by atoms with Crippen LogP contribution in [0.15, 0.2) is 41.6 Å². The quantitative estimate of drug-likeness (QED) is 0.736. The monoisotopic (exact) mass is 396 g/mol. The number of aromatic nitrogens is 2. The van der Waals surface area contributed by atoms with Gasteiger partial charge in [0, 0.05) is 55.4 Å². The van der Waals surface area contributed by atoms with E-state index in [0.29, 0.717) is 42.1 Å². The van der Waals surface area contributed by atoms with E-state index in [2.05, 4.69) is 14.9 Å². The Balaban J connectivity index is 1.48. The number of halogens is 1. The van der Waals surface area contributed by atoms with Crippen molar-refractivity contribution in [3.63, 3.8) is 0 Å². The number of aromatic amines is 1. The summed E-state index contributed by atoms with van der Waals surface area (Å²) in [7, 11) is -3.52. The Bertz CT molecular complexity index is 990. The third-order valence-corrected chi connectivity index (χ3v) is 7.52. The number of nitrogens with zero attached hydrogens (tertiary/aromatic N) is 3. The maximum Gasteiger partial charge on any atom is 0.245 e. The van der Waals surface area contributed by atoms with Gasteiger partial charge in [0.25, 0.3) is 0 Å². The molecule has 1 aliphatic rings. The SMILES string of the molecule is O=S(=O)(c1c[nH]c2ncccc12)N1CCN(Cc2ccc(Cl)s2)CC1. The molecule has 0 aromatic carbocycles. The van der Waals surface area contributed by atoms with Gasteiger partial charge in [0.2, 0.25) is 10.0 Å². The van der Waals surface area contributed by atoms with Crippen molar-refractivity contribution in [2.45, 2.75) is 11.4 Å². The number of pyridine rings is 1. The molecule has 9 heteroatoms. The van der Waals surface area contributed by atoms with Gasteiger partial charge in [-0.3, -0.25) is 4.90 Å². The first-order valence-corrected chi connectivity index (χ1v) is 10.6. The lowest BCUT2D eigenvalue weighted by Gasteiger charge is -2.33. The Morgan fingerprint density at radius 1 is 1.20 bits per heavy atom. The van der Waals surface area contributed by atoms with E-state index >= 15 is 0 Å². The van der Waals surface area contributed by atoms with Gasteiger partial charge < -0.3 is 4.98 Å². The van der Waals surface area contributed by atoms with Crippen LogP contribution in [0.4, 0.5) is 0 Å². The average molecular weight is 397 g/mol. The lowest BCUT2D eigenvalue weighted by atomic mass is 10.3. The molecule has 4 rings (SSSR count). The number of nitrogens with one attached hydrogen (secondary N) is 1. The molecule has 0 aliphatic carbocycles. The van der Waals surface area contributed by atoms with Crippen LogP contribution in [0.2, 0.25) is 4.34 Å². The maximum atomic E-state index is 13.0. The lowest BCUT2D eigenvalue weighted by molar-refractivity contribution is 0.183. The topological polar surface area (TPSA) is 69.3 Å². The summed E-state index contributed by atoms with van der Waals surface area (Å²) in [5.74, 6) is 0. The Morgan fingerprint density at radius 3 is 2.72 bits per heavy atom. The fourth-order valence-electron chi connectivity index (χ4n) is 3.07. The number of hydrogen-bond acceptors (Lipinski definition) is 5. The zero-order chi connectivity index (χ0) is 17.4. The zero-order valence-electron chi connectivity index (χ0n) is 13.4. The molecule has 25 heavy (non-hydrogen) atoms. The van der Waals surface area contributed by atoms with E-state index in [0.717, 1.165) is 10.9 Å². The van der Waals surface area contributed by atoms with Gasteiger partial charge in [0.15, 0.2) is 0 Å². The molecule has 3 aromatic rings. The van der Waals surface area contributed by atoms with E-state index in [1.165, 1.54) is 11.1 Å². The summed E-state index contributed by atoms with van der Waals surface area (Å²) in [6, 6.07) is 7.45. The third-order valence-electron chi connectivity index (χ3n) is 4.37. The van der Waals surface area contributed by atoms with E-state index in [9.17, 15) is 8.42 Å². The molecule has 1 saturated heterocycles. The number of fused-ring (bicyclic) bond motifs is 1. The third kappa shape index (κ3) is 3.32. The van der Waals surface area contributed by atoms with E-state index in [-0.39, 0.29) is 0 Å². The van der Waals surface area contributed by atoms with Crippen molar-refractivity contribution in [1.82, 2.24) is 19.2 Å². The van der Waals surface area contributed by atoms with Gasteiger partial charge in [0.05, 0.1) is 4.34 Å². The molecule has 0 unspecified atom stereocenters. The number of hydrogen-bond donors (Lipinski definition) is 1. The Hall–Kier alpha value is -1.45. The minimum atomic E-state index is -3.52. The second kappa shape index (κ2) is 6.69. The molecule has 132 valence electrons. The van der Waals surface area contributed by atoms with Gasteiger partial charge in [0.1, 0.15) is 10.5 Å². The van der Waals surface area contributed by atoms with Crippen LogP contribution in [0, 0.1) is 0 Å². The molecule has 0 spiro atoms. The number of sulfonamides is 1. The molecule has 0 radical (unpaired) electrons. The van der Waals surface area contributed by atoms with Crippen LogP contribution < -0.4 is 0 Å². The standard InChI is InChI=1S/C16H17ClN4O2S2/c17-15-4-3-12(24-15)11-20-6-8-21(9-7-20)25(22,23)14-10-19-16-13(14)2-1-5-18-16/h1-5,10H,6-9,11H2,(H,18,19). The summed E-state index contributed by atoms with van der Waals surface area (Å²) in [6.45, 7) is 3.18. The van der Waals surface area contributed by atoms with Gasteiger partial charge in [-0.05, 0) is 24.3 Å². The van der Waals surface area contributed by atoms with Gasteiger partial charge in [-0.1, -0.05) is 11.6 Å². The molecule has 6 nitrogen and oxygen atoms in total. The van der Waals surface area contributed by atoms with Crippen LogP contribution in [-0.4, -0.2) is 53.8 Å². The van der Waals surface area contributed by atoms with Crippen LogP contribution in [0.5, 0.6) is 0 Å². The number of thiophene rings is 1. The first-order chi connectivity index (χ1) is 12.0. The Labute approximate surface area is 155 Å². The Morgan fingerprint density at radius 2 is 2.00 bits per heavy atom. The van der Waals surface area contributed by atoms with Crippen molar-refractivity contribution in [1.29, 1.82) is 0 Å². The lowest BCUT2D eigenvalue weighted by Crippen LogP contribution is -2.48. The molecule has 0 amide bonds. The maximum absolute atomic E-state index is 13.0. The largest absolute Gasteiger partial charge is 0.345 e. The van der Waals surface area contributed by atoms with Crippen LogP contribution in [-0.2, 0) is 16.6 Å². The average Bonchev–Trinajstić information content (AvgIpc) is 3.22. The van der Waals surface area contributed by atoms with Crippen molar-refractivity contribution < 1.29 is 8.42 Å². The van der Waals surface area contributed by atoms with Crippen LogP contribution in [0.25, 0.3) is 11.0 Å². The van der Waals surface area contributed by atoms with Crippen molar-refractivity contribution in [3.05, 3.63) is 45.9 Å². The highest BCUT2D eigenvalue weighted by molar-refractivity contribution is 7.89. The molecular formula is C16H17ClN4O2S2. The van der Waals surface area contributed by atoms with Gasteiger partial charge in [-0.15, -0.1) is 11.3 Å². The van der Waals surface area contributed by atoms with Gasteiger partial charge >= 0.3 is 0 Å². The predicted octanol–water partition coefficient (Wildman–Crippen LogP) is 2.78. The van der Waals surface area contributed by atoms with Crippen molar-refractivity contribution in [3.8, 4) is 0 Å². The van der Waals surface area contributed by atoms with Crippen LogP contribution in [0.3, 0.4) is 0 Å². The van der Waals surface area contributed by atoms with E-state index < -0.39 is 10.0 Å². The molecule has 0 atom stereocenters. The number of rotatable bonds is 4.